The lowest BCUT2D eigenvalue weighted by molar-refractivity contribution is 0.616. The second kappa shape index (κ2) is 8.01. The monoisotopic (exact) mass is 433 g/mol. The molecule has 5 aromatic rings. The van der Waals surface area contributed by atoms with E-state index in [0.29, 0.717) is 33.2 Å². The highest BCUT2D eigenvalue weighted by Crippen LogP contribution is 2.31. The van der Waals surface area contributed by atoms with E-state index in [1.165, 1.54) is 29.2 Å². The predicted molar refractivity (Wildman–Crippen MR) is 121 cm³/mol. The zero-order valence-electron chi connectivity index (χ0n) is 15.8. The highest BCUT2D eigenvalue weighted by atomic mass is 32.2. The van der Waals surface area contributed by atoms with E-state index < -0.39 is 0 Å². The third kappa shape index (κ3) is 3.51. The summed E-state index contributed by atoms with van der Waals surface area (Å²) in [6.45, 7) is 0.407. The molecule has 0 fully saturated rings. The predicted octanol–water partition coefficient (Wildman–Crippen LogP) is 5.49. The minimum absolute atomic E-state index is 0.0945. The molecule has 0 unspecified atom stereocenters. The first-order chi connectivity index (χ1) is 14.7. The number of benzene rings is 2. The van der Waals surface area contributed by atoms with Crippen LogP contribution in [-0.2, 0) is 12.3 Å². The number of thiophene rings is 1. The Balaban J connectivity index is 1.65. The molecule has 3 aromatic heterocycles. The lowest BCUT2D eigenvalue weighted by Gasteiger charge is -2.12. The topological polar surface area (TPSA) is 47.8 Å². The fourth-order valence-corrected chi connectivity index (χ4v) is 5.32. The van der Waals surface area contributed by atoms with Gasteiger partial charge in [0.15, 0.2) is 5.16 Å². The van der Waals surface area contributed by atoms with Crippen molar-refractivity contribution in [1.82, 2.24) is 14.5 Å². The van der Waals surface area contributed by atoms with Gasteiger partial charge in [-0.2, -0.15) is 0 Å². The van der Waals surface area contributed by atoms with E-state index in [1.54, 1.807) is 22.9 Å². The molecular formula is C23H16FN3OS2. The maximum Gasteiger partial charge on any atom is 0.272 e. The Morgan fingerprint density at radius 3 is 2.63 bits per heavy atom. The number of pyridine rings is 1. The van der Waals surface area contributed by atoms with Gasteiger partial charge in [-0.3, -0.25) is 9.36 Å². The second-order valence-electron chi connectivity index (χ2n) is 6.79. The summed E-state index contributed by atoms with van der Waals surface area (Å²) in [5.41, 5.74) is 2.16. The molecule has 4 nitrogen and oxygen atoms in total. The van der Waals surface area contributed by atoms with E-state index in [9.17, 15) is 9.18 Å². The molecule has 0 N–H and O–H groups in total. The number of fused-ring (bicyclic) bond motifs is 3. The Hall–Kier alpha value is -3.03. The third-order valence-corrected chi connectivity index (χ3v) is 6.93. The van der Waals surface area contributed by atoms with E-state index >= 15 is 0 Å². The molecule has 0 bridgehead atoms. The van der Waals surface area contributed by atoms with Crippen molar-refractivity contribution in [2.75, 3.05) is 0 Å². The van der Waals surface area contributed by atoms with Gasteiger partial charge in [-0.25, -0.2) is 14.4 Å². The zero-order valence-corrected chi connectivity index (χ0v) is 17.4. The largest absolute Gasteiger partial charge is 0.282 e. The molecule has 3 heterocycles. The normalized spacial score (nSPS) is 11.4. The van der Waals surface area contributed by atoms with Crippen LogP contribution in [-0.4, -0.2) is 14.5 Å². The minimum Gasteiger partial charge on any atom is -0.282 e. The van der Waals surface area contributed by atoms with E-state index in [4.69, 9.17) is 4.98 Å². The van der Waals surface area contributed by atoms with Crippen LogP contribution in [0.25, 0.3) is 20.4 Å². The highest BCUT2D eigenvalue weighted by Gasteiger charge is 2.17. The van der Waals surface area contributed by atoms with Crippen LogP contribution in [0.5, 0.6) is 0 Å². The van der Waals surface area contributed by atoms with Gasteiger partial charge in [0.25, 0.3) is 5.56 Å². The minimum atomic E-state index is -0.256. The Kier molecular flexibility index (Phi) is 5.06. The quantitative estimate of drug-likeness (QED) is 0.272. The maximum absolute atomic E-state index is 14.1. The molecule has 0 aliphatic rings. The second-order valence-corrected chi connectivity index (χ2v) is 8.73. The Labute approximate surface area is 180 Å². The van der Waals surface area contributed by atoms with Gasteiger partial charge in [0.05, 0.1) is 12.1 Å². The fraction of sp³-hybridized carbons (Fsp3) is 0.0870. The summed E-state index contributed by atoms with van der Waals surface area (Å²) in [7, 11) is 0. The van der Waals surface area contributed by atoms with Crippen LogP contribution in [0.3, 0.4) is 0 Å². The van der Waals surface area contributed by atoms with Crippen LogP contribution < -0.4 is 5.56 Å². The van der Waals surface area contributed by atoms with Crippen molar-refractivity contribution < 1.29 is 4.39 Å². The summed E-state index contributed by atoms with van der Waals surface area (Å²) in [5.74, 6) is 0.132. The first-order valence-electron chi connectivity index (χ1n) is 9.39. The van der Waals surface area contributed by atoms with Crippen LogP contribution in [0.1, 0.15) is 11.1 Å². The molecule has 0 saturated heterocycles. The number of hydrogen-bond donors (Lipinski definition) is 0. The van der Waals surface area contributed by atoms with Crippen molar-refractivity contribution in [3.63, 3.8) is 0 Å². The smallest absolute Gasteiger partial charge is 0.272 e. The Morgan fingerprint density at radius 1 is 1.00 bits per heavy atom. The van der Waals surface area contributed by atoms with Crippen molar-refractivity contribution >= 4 is 43.5 Å². The van der Waals surface area contributed by atoms with Gasteiger partial charge in [-0.05, 0) is 29.3 Å². The first-order valence-corrected chi connectivity index (χ1v) is 11.2. The van der Waals surface area contributed by atoms with Gasteiger partial charge in [0.1, 0.15) is 15.3 Å². The molecule has 2 aromatic carbocycles. The Bertz CT molecular complexity index is 1410. The lowest BCUT2D eigenvalue weighted by atomic mass is 10.2. The van der Waals surface area contributed by atoms with Crippen molar-refractivity contribution in [2.45, 2.75) is 17.5 Å². The number of thioether (sulfide) groups is 1. The molecule has 0 spiro atoms. The molecule has 148 valence electrons. The number of nitrogens with zero attached hydrogens (tertiary/aromatic N) is 3. The van der Waals surface area contributed by atoms with Crippen LogP contribution in [0, 0.1) is 5.82 Å². The first kappa shape index (κ1) is 19.0. The molecule has 0 radical (unpaired) electrons. The maximum atomic E-state index is 14.1. The summed E-state index contributed by atoms with van der Waals surface area (Å²) in [5, 5.41) is 1.44. The number of aromatic nitrogens is 3. The van der Waals surface area contributed by atoms with E-state index in [1.807, 2.05) is 48.5 Å². The molecule has 0 aliphatic carbocycles. The van der Waals surface area contributed by atoms with Gasteiger partial charge in [0, 0.05) is 17.3 Å². The van der Waals surface area contributed by atoms with Gasteiger partial charge in [0.2, 0.25) is 0 Å². The molecule has 7 heteroatoms. The standard InChI is InChI=1S/C23H16FN3OS2/c24-18-11-5-4-9-16(18)14-29-23-26-19-17-10-6-12-25-21(17)30-20(19)22(28)27(23)13-15-7-2-1-3-8-15/h1-12H,13-14H2. The summed E-state index contributed by atoms with van der Waals surface area (Å²) < 4.78 is 16.4. The summed E-state index contributed by atoms with van der Waals surface area (Å²) in [4.78, 5) is 23.4. The van der Waals surface area contributed by atoms with Crippen LogP contribution in [0.4, 0.5) is 4.39 Å². The van der Waals surface area contributed by atoms with Gasteiger partial charge in [-0.15, -0.1) is 11.3 Å². The summed E-state index contributed by atoms with van der Waals surface area (Å²) in [6.07, 6.45) is 1.72. The van der Waals surface area contributed by atoms with Gasteiger partial charge < -0.3 is 0 Å². The van der Waals surface area contributed by atoms with Crippen LogP contribution in [0.2, 0.25) is 0 Å². The number of halogens is 1. The van der Waals surface area contributed by atoms with Gasteiger partial charge >= 0.3 is 0 Å². The fourth-order valence-electron chi connectivity index (χ4n) is 3.31. The third-order valence-electron chi connectivity index (χ3n) is 4.82. The summed E-state index contributed by atoms with van der Waals surface area (Å²) >= 11 is 2.73. The van der Waals surface area contributed by atoms with Crippen molar-refractivity contribution in [2.24, 2.45) is 0 Å². The average Bonchev–Trinajstić information content (AvgIpc) is 3.15. The molecule has 30 heavy (non-hydrogen) atoms. The lowest BCUT2D eigenvalue weighted by Crippen LogP contribution is -2.23. The van der Waals surface area contributed by atoms with E-state index in [2.05, 4.69) is 4.98 Å². The molecule has 0 atom stereocenters. The number of rotatable bonds is 5. The molecule has 0 amide bonds. The SMILES string of the molecule is O=c1c2sc3ncccc3c2nc(SCc2ccccc2F)n1Cc1ccccc1. The average molecular weight is 434 g/mol. The Morgan fingerprint density at radius 2 is 1.80 bits per heavy atom. The number of hydrogen-bond acceptors (Lipinski definition) is 5. The van der Waals surface area contributed by atoms with E-state index in [-0.39, 0.29) is 11.4 Å². The molecular weight excluding hydrogens is 417 g/mol. The zero-order chi connectivity index (χ0) is 20.5. The molecule has 5 rings (SSSR count). The van der Waals surface area contributed by atoms with Crippen LogP contribution >= 0.6 is 23.1 Å². The highest BCUT2D eigenvalue weighted by molar-refractivity contribution is 7.98. The van der Waals surface area contributed by atoms with Gasteiger partial charge in [-0.1, -0.05) is 60.3 Å². The van der Waals surface area contributed by atoms with E-state index in [0.717, 1.165) is 15.8 Å². The molecule has 0 saturated carbocycles. The van der Waals surface area contributed by atoms with Crippen molar-refractivity contribution in [3.8, 4) is 0 Å². The van der Waals surface area contributed by atoms with Crippen molar-refractivity contribution in [1.29, 1.82) is 0 Å². The molecule has 0 aliphatic heterocycles. The van der Waals surface area contributed by atoms with Crippen LogP contribution in [0.15, 0.2) is 82.9 Å². The summed E-state index contributed by atoms with van der Waals surface area (Å²) in [6, 6.07) is 20.3. The van der Waals surface area contributed by atoms with Crippen molar-refractivity contribution in [3.05, 3.63) is 100 Å².